The zero-order valence-corrected chi connectivity index (χ0v) is 12.9. The van der Waals surface area contributed by atoms with Gasteiger partial charge in [-0.2, -0.15) is 0 Å². The van der Waals surface area contributed by atoms with Crippen LogP contribution in [0.15, 0.2) is 0 Å². The molecule has 114 valence electrons. The van der Waals surface area contributed by atoms with Crippen LogP contribution in [0.5, 0.6) is 0 Å². The van der Waals surface area contributed by atoms with Gasteiger partial charge in [-0.15, -0.1) is 12.4 Å². The zero-order chi connectivity index (χ0) is 13.6. The first-order valence-electron chi connectivity index (χ1n) is 6.38. The largest absolute Gasteiger partial charge is 0.340 e. The summed E-state index contributed by atoms with van der Waals surface area (Å²) in [5.41, 5.74) is 5.40. The number of carbonyl (C=O) groups excluding carboxylic acids is 1. The lowest BCUT2D eigenvalue weighted by molar-refractivity contribution is -0.134. The summed E-state index contributed by atoms with van der Waals surface area (Å²) in [4.78, 5) is 13.7. The number of hydrogen-bond acceptors (Lipinski definition) is 4. The minimum absolute atomic E-state index is 0. The van der Waals surface area contributed by atoms with Crippen LogP contribution < -0.4 is 10.5 Å². The summed E-state index contributed by atoms with van der Waals surface area (Å²) in [6, 6.07) is 0.145. The molecule has 1 rings (SSSR count). The number of halogens is 1. The standard InChI is InChI=1S/C11H23N3O3S.ClH/c1-18(16,17)13-8-6-10-4-2-3-9-14(10)11(15)5-7-12;/h10,13H,2-9,12H2,1H3;1H. The molecule has 1 atom stereocenters. The maximum atomic E-state index is 11.9. The van der Waals surface area contributed by atoms with E-state index in [0.29, 0.717) is 25.9 Å². The van der Waals surface area contributed by atoms with E-state index in [1.807, 2.05) is 4.90 Å². The molecule has 0 bridgehead atoms. The Labute approximate surface area is 121 Å². The second-order valence-corrected chi connectivity index (χ2v) is 6.56. The summed E-state index contributed by atoms with van der Waals surface area (Å²) >= 11 is 0. The van der Waals surface area contributed by atoms with E-state index in [-0.39, 0.29) is 24.4 Å². The molecule has 1 unspecified atom stereocenters. The van der Waals surface area contributed by atoms with Gasteiger partial charge in [-0.05, 0) is 25.7 Å². The molecule has 0 aromatic rings. The first-order valence-corrected chi connectivity index (χ1v) is 8.27. The van der Waals surface area contributed by atoms with Crippen molar-refractivity contribution in [1.29, 1.82) is 0 Å². The molecule has 0 aromatic carbocycles. The Morgan fingerprint density at radius 3 is 2.68 bits per heavy atom. The van der Waals surface area contributed by atoms with Gasteiger partial charge in [-0.3, -0.25) is 4.79 Å². The van der Waals surface area contributed by atoms with E-state index in [1.165, 1.54) is 0 Å². The lowest BCUT2D eigenvalue weighted by Gasteiger charge is -2.36. The van der Waals surface area contributed by atoms with Crippen LogP contribution in [0.25, 0.3) is 0 Å². The molecule has 1 aliphatic rings. The van der Waals surface area contributed by atoms with Crippen LogP contribution in [-0.4, -0.2) is 51.2 Å². The first kappa shape index (κ1) is 18.6. The molecule has 1 fully saturated rings. The minimum Gasteiger partial charge on any atom is -0.340 e. The zero-order valence-electron chi connectivity index (χ0n) is 11.3. The van der Waals surface area contributed by atoms with Crippen LogP contribution in [0.2, 0.25) is 0 Å². The van der Waals surface area contributed by atoms with E-state index in [4.69, 9.17) is 5.73 Å². The molecule has 6 nitrogen and oxygen atoms in total. The van der Waals surface area contributed by atoms with Gasteiger partial charge in [-0.25, -0.2) is 13.1 Å². The van der Waals surface area contributed by atoms with Gasteiger partial charge in [0.2, 0.25) is 15.9 Å². The number of sulfonamides is 1. The average molecular weight is 314 g/mol. The van der Waals surface area contributed by atoms with Crippen LogP contribution in [0, 0.1) is 0 Å². The van der Waals surface area contributed by atoms with Crippen molar-refractivity contribution in [3.63, 3.8) is 0 Å². The van der Waals surface area contributed by atoms with E-state index >= 15 is 0 Å². The summed E-state index contributed by atoms with van der Waals surface area (Å²) < 4.78 is 24.4. The third-order valence-electron chi connectivity index (χ3n) is 3.15. The summed E-state index contributed by atoms with van der Waals surface area (Å²) in [6.45, 7) is 1.52. The first-order chi connectivity index (χ1) is 8.44. The van der Waals surface area contributed by atoms with Crippen molar-refractivity contribution in [2.45, 2.75) is 38.1 Å². The monoisotopic (exact) mass is 313 g/mol. The van der Waals surface area contributed by atoms with Crippen LogP contribution in [0.3, 0.4) is 0 Å². The quantitative estimate of drug-likeness (QED) is 0.726. The highest BCUT2D eigenvalue weighted by atomic mass is 35.5. The summed E-state index contributed by atoms with van der Waals surface area (Å²) in [7, 11) is -3.15. The smallest absolute Gasteiger partial charge is 0.224 e. The molecule has 0 aromatic heterocycles. The summed E-state index contributed by atoms with van der Waals surface area (Å²) in [6.07, 6.45) is 5.24. The lowest BCUT2D eigenvalue weighted by atomic mass is 9.99. The molecular weight excluding hydrogens is 290 g/mol. The van der Waals surface area contributed by atoms with Crippen LogP contribution >= 0.6 is 12.4 Å². The SMILES string of the molecule is CS(=O)(=O)NCCC1CCCCN1C(=O)CCN.Cl. The molecule has 19 heavy (non-hydrogen) atoms. The molecule has 1 heterocycles. The maximum absolute atomic E-state index is 11.9. The topological polar surface area (TPSA) is 92.5 Å². The fourth-order valence-electron chi connectivity index (χ4n) is 2.31. The molecule has 1 amide bonds. The number of nitrogens with zero attached hydrogens (tertiary/aromatic N) is 1. The third kappa shape index (κ3) is 7.10. The average Bonchev–Trinajstić information content (AvgIpc) is 2.28. The van der Waals surface area contributed by atoms with Crippen molar-refractivity contribution in [2.75, 3.05) is 25.9 Å². The molecule has 1 saturated heterocycles. The van der Waals surface area contributed by atoms with E-state index < -0.39 is 10.0 Å². The predicted octanol–water partition coefficient (Wildman–Crippen LogP) is 0.0774. The van der Waals surface area contributed by atoms with Crippen molar-refractivity contribution in [1.82, 2.24) is 9.62 Å². The van der Waals surface area contributed by atoms with Crippen molar-refractivity contribution in [3.8, 4) is 0 Å². The number of nitrogens with one attached hydrogen (secondary N) is 1. The second kappa shape index (κ2) is 8.73. The Morgan fingerprint density at radius 2 is 2.11 bits per heavy atom. The molecule has 0 saturated carbocycles. The molecule has 0 spiro atoms. The van der Waals surface area contributed by atoms with Crippen molar-refractivity contribution in [2.24, 2.45) is 5.73 Å². The highest BCUT2D eigenvalue weighted by Crippen LogP contribution is 2.20. The Bertz CT molecular complexity index is 375. The van der Waals surface area contributed by atoms with Gasteiger partial charge in [0, 0.05) is 32.1 Å². The number of rotatable bonds is 6. The van der Waals surface area contributed by atoms with E-state index in [2.05, 4.69) is 4.72 Å². The van der Waals surface area contributed by atoms with Gasteiger partial charge < -0.3 is 10.6 Å². The number of piperidine rings is 1. The Balaban J connectivity index is 0.00000324. The predicted molar refractivity (Wildman–Crippen MR) is 77.7 cm³/mol. The number of hydrogen-bond donors (Lipinski definition) is 2. The second-order valence-electron chi connectivity index (χ2n) is 4.73. The number of nitrogens with two attached hydrogens (primary N) is 1. The van der Waals surface area contributed by atoms with Gasteiger partial charge in [0.15, 0.2) is 0 Å². The van der Waals surface area contributed by atoms with Crippen LogP contribution in [0.4, 0.5) is 0 Å². The van der Waals surface area contributed by atoms with Crippen LogP contribution in [0.1, 0.15) is 32.1 Å². The van der Waals surface area contributed by atoms with E-state index in [0.717, 1.165) is 32.1 Å². The number of likely N-dealkylation sites (tertiary alicyclic amines) is 1. The lowest BCUT2D eigenvalue weighted by Crippen LogP contribution is -2.45. The summed E-state index contributed by atoms with van der Waals surface area (Å²) in [5, 5.41) is 0. The Hall–Kier alpha value is -0.370. The van der Waals surface area contributed by atoms with Gasteiger partial charge >= 0.3 is 0 Å². The van der Waals surface area contributed by atoms with Gasteiger partial charge in [-0.1, -0.05) is 0 Å². The fourth-order valence-corrected chi connectivity index (χ4v) is 2.80. The maximum Gasteiger partial charge on any atom is 0.224 e. The molecule has 1 aliphatic heterocycles. The molecule has 0 radical (unpaired) electrons. The Kier molecular flexibility index (Phi) is 8.56. The van der Waals surface area contributed by atoms with Crippen molar-refractivity contribution in [3.05, 3.63) is 0 Å². The number of carbonyl (C=O) groups is 1. The fraction of sp³-hybridized carbons (Fsp3) is 0.909. The van der Waals surface area contributed by atoms with Crippen molar-refractivity contribution >= 4 is 28.3 Å². The van der Waals surface area contributed by atoms with Crippen LogP contribution in [-0.2, 0) is 14.8 Å². The molecule has 8 heteroatoms. The van der Waals surface area contributed by atoms with Gasteiger partial charge in [0.1, 0.15) is 0 Å². The molecule has 3 N–H and O–H groups in total. The third-order valence-corrected chi connectivity index (χ3v) is 3.88. The Morgan fingerprint density at radius 1 is 1.42 bits per heavy atom. The number of amides is 1. The molecule has 0 aliphatic carbocycles. The van der Waals surface area contributed by atoms with Gasteiger partial charge in [0.05, 0.1) is 6.26 Å². The van der Waals surface area contributed by atoms with Crippen molar-refractivity contribution < 1.29 is 13.2 Å². The van der Waals surface area contributed by atoms with E-state index in [9.17, 15) is 13.2 Å². The normalized spacial score (nSPS) is 19.9. The summed E-state index contributed by atoms with van der Waals surface area (Å²) in [5.74, 6) is 0.0848. The highest BCUT2D eigenvalue weighted by Gasteiger charge is 2.25. The highest BCUT2D eigenvalue weighted by molar-refractivity contribution is 7.88. The minimum atomic E-state index is -3.15. The van der Waals surface area contributed by atoms with Gasteiger partial charge in [0.25, 0.3) is 0 Å². The molecular formula is C11H24ClN3O3S. The van der Waals surface area contributed by atoms with E-state index in [1.54, 1.807) is 0 Å².